The minimum absolute atomic E-state index is 0.198. The van der Waals surface area contributed by atoms with Gasteiger partial charge in [0.05, 0.1) is 5.69 Å². The molecular weight excluding hydrogens is 276 g/mol. The minimum atomic E-state index is -0.198. The van der Waals surface area contributed by atoms with Gasteiger partial charge in [0.1, 0.15) is 0 Å². The molecule has 0 aromatic carbocycles. The van der Waals surface area contributed by atoms with Gasteiger partial charge >= 0.3 is 6.03 Å². The Labute approximate surface area is 123 Å². The summed E-state index contributed by atoms with van der Waals surface area (Å²) < 4.78 is 0. The second-order valence-corrected chi connectivity index (χ2v) is 5.85. The zero-order chi connectivity index (χ0) is 13.9. The normalized spacial score (nSPS) is 26.1. The van der Waals surface area contributed by atoms with Gasteiger partial charge in [-0.25, -0.2) is 9.78 Å². The summed E-state index contributed by atoms with van der Waals surface area (Å²) in [7, 11) is 0. The number of carbonyl (C=O) groups excluding carboxylic acids is 1. The lowest BCUT2D eigenvalue weighted by molar-refractivity contribution is 0.168. The lowest BCUT2D eigenvalue weighted by Crippen LogP contribution is -2.48. The molecule has 20 heavy (non-hydrogen) atoms. The molecule has 108 valence electrons. The number of urea groups is 1. The van der Waals surface area contributed by atoms with Crippen LogP contribution in [0.1, 0.15) is 25.7 Å². The number of anilines is 1. The molecule has 2 aliphatic heterocycles. The number of rotatable bonds is 2. The predicted molar refractivity (Wildman–Crippen MR) is 79.0 cm³/mol. The van der Waals surface area contributed by atoms with Crippen molar-refractivity contribution in [3.63, 3.8) is 0 Å². The fourth-order valence-corrected chi connectivity index (χ4v) is 3.35. The summed E-state index contributed by atoms with van der Waals surface area (Å²) in [6.07, 6.45) is 6.21. The Hall–Kier alpha value is -1.33. The first-order chi connectivity index (χ1) is 9.72. The number of nitrogens with one attached hydrogen (secondary N) is 2. The van der Waals surface area contributed by atoms with Crippen LogP contribution in [0.5, 0.6) is 0 Å². The largest absolute Gasteiger partial charge is 0.335 e. The molecule has 0 spiro atoms. The fraction of sp³-hybridized carbons (Fsp3) is 0.571. The Kier molecular flexibility index (Phi) is 4.08. The summed E-state index contributed by atoms with van der Waals surface area (Å²) in [5, 5.41) is 6.12. The summed E-state index contributed by atoms with van der Waals surface area (Å²) >= 11 is 5.92. The maximum Gasteiger partial charge on any atom is 0.319 e. The molecule has 2 atom stereocenters. The molecule has 1 aromatic heterocycles. The van der Waals surface area contributed by atoms with Crippen LogP contribution in [0.25, 0.3) is 0 Å². The quantitative estimate of drug-likeness (QED) is 0.824. The van der Waals surface area contributed by atoms with E-state index < -0.39 is 0 Å². The lowest BCUT2D eigenvalue weighted by atomic mass is 9.98. The van der Waals surface area contributed by atoms with Gasteiger partial charge in [0.25, 0.3) is 0 Å². The Bertz CT molecular complexity index is 496. The van der Waals surface area contributed by atoms with E-state index in [2.05, 4.69) is 20.5 Å². The molecule has 6 heteroatoms. The second-order valence-electron chi connectivity index (χ2n) is 5.49. The number of aromatic nitrogens is 1. The van der Waals surface area contributed by atoms with Gasteiger partial charge in [0.2, 0.25) is 0 Å². The van der Waals surface area contributed by atoms with Crippen LogP contribution >= 0.6 is 11.6 Å². The molecule has 0 aliphatic carbocycles. The first-order valence-corrected chi connectivity index (χ1v) is 7.52. The van der Waals surface area contributed by atoms with E-state index in [-0.39, 0.29) is 12.1 Å². The first-order valence-electron chi connectivity index (χ1n) is 7.14. The van der Waals surface area contributed by atoms with Crippen molar-refractivity contribution in [1.29, 1.82) is 0 Å². The molecule has 3 rings (SSSR count). The van der Waals surface area contributed by atoms with Gasteiger partial charge in [-0.1, -0.05) is 11.6 Å². The van der Waals surface area contributed by atoms with Gasteiger partial charge in [-0.15, -0.1) is 0 Å². The molecule has 3 heterocycles. The van der Waals surface area contributed by atoms with Crippen LogP contribution in [-0.2, 0) is 0 Å². The zero-order valence-corrected chi connectivity index (χ0v) is 12.1. The van der Waals surface area contributed by atoms with Crippen molar-refractivity contribution >= 4 is 23.3 Å². The molecule has 0 unspecified atom stereocenters. The van der Waals surface area contributed by atoms with Crippen molar-refractivity contribution in [1.82, 2.24) is 15.2 Å². The maximum atomic E-state index is 12.0. The number of nitrogens with zero attached hydrogens (tertiary/aromatic N) is 2. The highest BCUT2D eigenvalue weighted by molar-refractivity contribution is 6.32. The molecule has 0 radical (unpaired) electrons. The summed E-state index contributed by atoms with van der Waals surface area (Å²) in [5.74, 6) is 0. The SMILES string of the molecule is O=C(Nc1cccnc1Cl)N[C@H]1CCN2CCC[C@@H]2C1. The molecule has 2 amide bonds. The highest BCUT2D eigenvalue weighted by Crippen LogP contribution is 2.27. The van der Waals surface area contributed by atoms with Crippen LogP contribution in [0.15, 0.2) is 18.3 Å². The van der Waals surface area contributed by atoms with E-state index >= 15 is 0 Å². The van der Waals surface area contributed by atoms with Crippen LogP contribution in [-0.4, -0.2) is 41.1 Å². The third-order valence-electron chi connectivity index (χ3n) is 4.16. The monoisotopic (exact) mass is 294 g/mol. The van der Waals surface area contributed by atoms with Crippen LogP contribution in [0.2, 0.25) is 5.15 Å². The highest BCUT2D eigenvalue weighted by atomic mass is 35.5. The van der Waals surface area contributed by atoms with Gasteiger partial charge < -0.3 is 15.5 Å². The molecule has 1 aromatic rings. The summed E-state index contributed by atoms with van der Waals surface area (Å²) in [6, 6.07) is 4.20. The van der Waals surface area contributed by atoms with E-state index in [0.29, 0.717) is 16.9 Å². The van der Waals surface area contributed by atoms with E-state index in [4.69, 9.17) is 11.6 Å². The third kappa shape index (κ3) is 3.04. The van der Waals surface area contributed by atoms with Crippen molar-refractivity contribution in [3.05, 3.63) is 23.5 Å². The molecule has 2 saturated heterocycles. The number of carbonyl (C=O) groups is 1. The smallest absolute Gasteiger partial charge is 0.319 e. The number of hydrogen-bond acceptors (Lipinski definition) is 3. The van der Waals surface area contributed by atoms with E-state index in [9.17, 15) is 4.79 Å². The molecule has 2 N–H and O–H groups in total. The number of hydrogen-bond donors (Lipinski definition) is 2. The average Bonchev–Trinajstić information content (AvgIpc) is 2.89. The summed E-state index contributed by atoms with van der Waals surface area (Å²) in [6.45, 7) is 2.30. The Balaban J connectivity index is 1.53. The maximum absolute atomic E-state index is 12.0. The standard InChI is InChI=1S/C14H19ClN4O/c15-13-12(4-1-6-16-13)18-14(20)17-10-5-8-19-7-2-3-11(19)9-10/h1,4,6,10-11H,2-3,5,7-9H2,(H2,17,18,20)/t10-,11+/m0/s1. The molecule has 0 bridgehead atoms. The molecule has 2 fully saturated rings. The zero-order valence-electron chi connectivity index (χ0n) is 11.3. The van der Waals surface area contributed by atoms with Crippen LogP contribution in [0.4, 0.5) is 10.5 Å². The van der Waals surface area contributed by atoms with E-state index in [1.165, 1.54) is 19.4 Å². The van der Waals surface area contributed by atoms with Crippen LogP contribution in [0.3, 0.4) is 0 Å². The van der Waals surface area contributed by atoms with Gasteiger partial charge in [-0.2, -0.15) is 0 Å². The van der Waals surface area contributed by atoms with Crippen molar-refractivity contribution < 1.29 is 4.79 Å². The van der Waals surface area contributed by atoms with Gasteiger partial charge in [0.15, 0.2) is 5.15 Å². The lowest BCUT2D eigenvalue weighted by Gasteiger charge is -2.35. The minimum Gasteiger partial charge on any atom is -0.335 e. The van der Waals surface area contributed by atoms with E-state index in [0.717, 1.165) is 19.4 Å². The number of amides is 2. The first kappa shape index (κ1) is 13.6. The van der Waals surface area contributed by atoms with Crippen molar-refractivity contribution in [2.45, 2.75) is 37.8 Å². The average molecular weight is 295 g/mol. The third-order valence-corrected chi connectivity index (χ3v) is 4.46. The molecule has 0 saturated carbocycles. The Morgan fingerprint density at radius 3 is 3.15 bits per heavy atom. The Morgan fingerprint density at radius 2 is 2.30 bits per heavy atom. The predicted octanol–water partition coefficient (Wildman–Crippen LogP) is 2.48. The molecular formula is C14H19ClN4O. The molecule has 5 nitrogen and oxygen atoms in total. The number of fused-ring (bicyclic) bond motifs is 1. The van der Waals surface area contributed by atoms with Crippen molar-refractivity contribution in [3.8, 4) is 0 Å². The molecule has 2 aliphatic rings. The highest BCUT2D eigenvalue weighted by Gasteiger charge is 2.32. The van der Waals surface area contributed by atoms with E-state index in [1.54, 1.807) is 18.3 Å². The van der Waals surface area contributed by atoms with E-state index in [1.807, 2.05) is 0 Å². The number of halogens is 1. The fourth-order valence-electron chi connectivity index (χ4n) is 3.18. The van der Waals surface area contributed by atoms with Crippen LogP contribution < -0.4 is 10.6 Å². The topological polar surface area (TPSA) is 57.3 Å². The van der Waals surface area contributed by atoms with Crippen molar-refractivity contribution in [2.75, 3.05) is 18.4 Å². The summed E-state index contributed by atoms with van der Waals surface area (Å²) in [5.41, 5.74) is 0.546. The number of piperidine rings is 1. The summed E-state index contributed by atoms with van der Waals surface area (Å²) in [4.78, 5) is 18.5. The number of pyridine rings is 1. The Morgan fingerprint density at radius 1 is 1.40 bits per heavy atom. The van der Waals surface area contributed by atoms with Crippen LogP contribution in [0, 0.1) is 0 Å². The van der Waals surface area contributed by atoms with Gasteiger partial charge in [-0.05, 0) is 44.4 Å². The second kappa shape index (κ2) is 5.97. The van der Waals surface area contributed by atoms with Gasteiger partial charge in [0, 0.05) is 24.8 Å². The van der Waals surface area contributed by atoms with Gasteiger partial charge in [-0.3, -0.25) is 0 Å². The van der Waals surface area contributed by atoms with Crippen molar-refractivity contribution in [2.24, 2.45) is 0 Å².